The molecule has 0 fully saturated rings. The minimum atomic E-state index is -1.13. The number of carboxylic acid groups (broad SMARTS) is 1. The van der Waals surface area contributed by atoms with Crippen molar-refractivity contribution >= 4 is 11.9 Å². The summed E-state index contributed by atoms with van der Waals surface area (Å²) in [5, 5.41) is 11.4. The molecular formula is C18H21NO5. The van der Waals surface area contributed by atoms with Crippen molar-refractivity contribution in [3.63, 3.8) is 0 Å². The van der Waals surface area contributed by atoms with Gasteiger partial charge in [-0.2, -0.15) is 0 Å². The molecule has 2 rings (SSSR count). The average Bonchev–Trinajstić information content (AvgIpc) is 3.02. The Balaban J connectivity index is 1.65. The summed E-state index contributed by atoms with van der Waals surface area (Å²) in [6, 6.07) is 8.80. The van der Waals surface area contributed by atoms with E-state index in [1.54, 1.807) is 0 Å². The first kappa shape index (κ1) is 17.6. The number of carbonyl (C=O) groups excluding carboxylic acids is 1. The topological polar surface area (TPSA) is 88.8 Å². The van der Waals surface area contributed by atoms with Crippen LogP contribution in [0.25, 0.3) is 0 Å². The van der Waals surface area contributed by atoms with Gasteiger partial charge in [-0.1, -0.05) is 6.07 Å². The van der Waals surface area contributed by atoms with E-state index >= 15 is 0 Å². The van der Waals surface area contributed by atoms with Crippen molar-refractivity contribution in [1.82, 2.24) is 5.32 Å². The third-order valence-electron chi connectivity index (χ3n) is 3.63. The highest BCUT2D eigenvalue weighted by molar-refractivity contribution is 5.84. The molecule has 0 unspecified atom stereocenters. The minimum Gasteiger partial charge on any atom is -0.494 e. The van der Waals surface area contributed by atoms with Crippen LogP contribution in [0.5, 0.6) is 5.75 Å². The van der Waals surface area contributed by atoms with Crippen LogP contribution in [0.15, 0.2) is 34.7 Å². The lowest BCUT2D eigenvalue weighted by molar-refractivity contribution is -0.121. The Labute approximate surface area is 140 Å². The highest BCUT2D eigenvalue weighted by Crippen LogP contribution is 2.16. The van der Waals surface area contributed by atoms with E-state index in [0.29, 0.717) is 25.2 Å². The van der Waals surface area contributed by atoms with Crippen LogP contribution in [0.2, 0.25) is 0 Å². The molecular weight excluding hydrogens is 310 g/mol. The molecule has 1 heterocycles. The number of ether oxygens (including phenoxy) is 1. The molecule has 2 aromatic rings. The molecule has 0 atom stereocenters. The summed E-state index contributed by atoms with van der Waals surface area (Å²) in [7, 11) is 0. The molecule has 128 valence electrons. The second-order valence-corrected chi connectivity index (χ2v) is 5.55. The highest BCUT2D eigenvalue weighted by Gasteiger charge is 2.09. The van der Waals surface area contributed by atoms with Gasteiger partial charge in [-0.15, -0.1) is 0 Å². The SMILES string of the molecule is Cc1ccc(OCCCC(=O)NCc2ccc(C(=O)O)o2)cc1C. The van der Waals surface area contributed by atoms with E-state index in [2.05, 4.69) is 5.32 Å². The van der Waals surface area contributed by atoms with Crippen LogP contribution < -0.4 is 10.1 Å². The zero-order valence-electron chi connectivity index (χ0n) is 13.8. The number of aryl methyl sites for hydroxylation is 2. The third-order valence-corrected chi connectivity index (χ3v) is 3.63. The van der Waals surface area contributed by atoms with Gasteiger partial charge in [0.25, 0.3) is 0 Å². The number of furan rings is 1. The largest absolute Gasteiger partial charge is 0.494 e. The number of carboxylic acids is 1. The molecule has 0 bridgehead atoms. The van der Waals surface area contributed by atoms with Crippen LogP contribution in [-0.2, 0) is 11.3 Å². The second-order valence-electron chi connectivity index (χ2n) is 5.55. The van der Waals surface area contributed by atoms with Crippen molar-refractivity contribution in [2.24, 2.45) is 0 Å². The standard InChI is InChI=1S/C18H21NO5/c1-12-5-6-14(10-13(12)2)23-9-3-4-17(20)19-11-15-7-8-16(24-15)18(21)22/h5-8,10H,3-4,9,11H2,1-2H3,(H,19,20)(H,21,22). The fraction of sp³-hybridized carbons (Fsp3) is 0.333. The van der Waals surface area contributed by atoms with E-state index in [-0.39, 0.29) is 18.2 Å². The summed E-state index contributed by atoms with van der Waals surface area (Å²) in [4.78, 5) is 22.4. The van der Waals surface area contributed by atoms with Gasteiger partial charge in [0, 0.05) is 6.42 Å². The number of carbonyl (C=O) groups is 2. The molecule has 2 N–H and O–H groups in total. The fourth-order valence-corrected chi connectivity index (χ4v) is 2.09. The van der Waals surface area contributed by atoms with Crippen LogP contribution in [0, 0.1) is 13.8 Å². The van der Waals surface area contributed by atoms with E-state index in [4.69, 9.17) is 14.3 Å². The van der Waals surface area contributed by atoms with Gasteiger partial charge in [0.2, 0.25) is 11.7 Å². The first-order valence-electron chi connectivity index (χ1n) is 7.74. The Morgan fingerprint density at radius 2 is 1.96 bits per heavy atom. The molecule has 0 saturated carbocycles. The van der Waals surface area contributed by atoms with E-state index in [1.165, 1.54) is 23.3 Å². The predicted octanol–water partition coefficient (Wildman–Crippen LogP) is 3.07. The molecule has 6 nitrogen and oxygen atoms in total. The van der Waals surface area contributed by atoms with Gasteiger partial charge in [-0.05, 0) is 55.7 Å². The predicted molar refractivity (Wildman–Crippen MR) is 88.2 cm³/mol. The molecule has 0 aliphatic heterocycles. The summed E-state index contributed by atoms with van der Waals surface area (Å²) < 4.78 is 10.7. The first-order chi connectivity index (χ1) is 11.5. The molecule has 0 aliphatic carbocycles. The van der Waals surface area contributed by atoms with Crippen LogP contribution in [-0.4, -0.2) is 23.6 Å². The van der Waals surface area contributed by atoms with Crippen LogP contribution in [0.4, 0.5) is 0 Å². The summed E-state index contributed by atoms with van der Waals surface area (Å²) in [5.74, 6) is -0.188. The molecule has 0 saturated heterocycles. The van der Waals surface area contributed by atoms with Crippen molar-refractivity contribution < 1.29 is 23.8 Å². The summed E-state index contributed by atoms with van der Waals surface area (Å²) in [5.41, 5.74) is 2.38. The zero-order valence-corrected chi connectivity index (χ0v) is 13.8. The third kappa shape index (κ3) is 5.15. The monoisotopic (exact) mass is 331 g/mol. The lowest BCUT2D eigenvalue weighted by Gasteiger charge is -2.08. The smallest absolute Gasteiger partial charge is 0.371 e. The molecule has 0 radical (unpaired) electrons. The number of benzene rings is 1. The number of hydrogen-bond acceptors (Lipinski definition) is 4. The van der Waals surface area contributed by atoms with E-state index in [1.807, 2.05) is 32.0 Å². The van der Waals surface area contributed by atoms with Crippen molar-refractivity contribution in [3.8, 4) is 5.75 Å². The number of aromatic carboxylic acids is 1. The molecule has 0 aliphatic rings. The van der Waals surface area contributed by atoms with Gasteiger partial charge in [-0.3, -0.25) is 4.79 Å². The minimum absolute atomic E-state index is 0.132. The number of nitrogens with one attached hydrogen (secondary N) is 1. The highest BCUT2D eigenvalue weighted by atomic mass is 16.5. The summed E-state index contributed by atoms with van der Waals surface area (Å²) in [6.45, 7) is 4.70. The number of rotatable bonds is 8. The van der Waals surface area contributed by atoms with Gasteiger partial charge in [-0.25, -0.2) is 4.79 Å². The van der Waals surface area contributed by atoms with Crippen molar-refractivity contribution in [1.29, 1.82) is 0 Å². The quantitative estimate of drug-likeness (QED) is 0.726. The van der Waals surface area contributed by atoms with Gasteiger partial charge in [0.15, 0.2) is 0 Å². The van der Waals surface area contributed by atoms with E-state index in [9.17, 15) is 9.59 Å². The molecule has 0 spiro atoms. The summed E-state index contributed by atoms with van der Waals surface area (Å²) in [6.07, 6.45) is 0.925. The molecule has 1 amide bonds. The van der Waals surface area contributed by atoms with Crippen LogP contribution in [0.3, 0.4) is 0 Å². The average molecular weight is 331 g/mol. The Hall–Kier alpha value is -2.76. The maximum Gasteiger partial charge on any atom is 0.371 e. The maximum absolute atomic E-state index is 11.7. The Morgan fingerprint density at radius 3 is 2.62 bits per heavy atom. The van der Waals surface area contributed by atoms with Crippen LogP contribution in [0.1, 0.15) is 40.3 Å². The molecule has 24 heavy (non-hydrogen) atoms. The first-order valence-corrected chi connectivity index (χ1v) is 7.74. The van der Waals surface area contributed by atoms with Gasteiger partial charge in [0.1, 0.15) is 11.5 Å². The molecule has 6 heteroatoms. The lowest BCUT2D eigenvalue weighted by atomic mass is 10.1. The van der Waals surface area contributed by atoms with Crippen molar-refractivity contribution in [3.05, 3.63) is 53.0 Å². The molecule has 1 aromatic carbocycles. The molecule has 1 aromatic heterocycles. The van der Waals surface area contributed by atoms with Crippen molar-refractivity contribution in [2.45, 2.75) is 33.2 Å². The Morgan fingerprint density at radius 1 is 1.17 bits per heavy atom. The lowest BCUT2D eigenvalue weighted by Crippen LogP contribution is -2.22. The van der Waals surface area contributed by atoms with Gasteiger partial charge < -0.3 is 19.6 Å². The van der Waals surface area contributed by atoms with E-state index in [0.717, 1.165) is 5.75 Å². The zero-order chi connectivity index (χ0) is 17.5. The van der Waals surface area contributed by atoms with Gasteiger partial charge >= 0.3 is 5.97 Å². The van der Waals surface area contributed by atoms with Crippen molar-refractivity contribution in [2.75, 3.05) is 6.61 Å². The second kappa shape index (κ2) is 8.19. The number of amides is 1. The van der Waals surface area contributed by atoms with E-state index < -0.39 is 5.97 Å². The Bertz CT molecular complexity index is 720. The summed E-state index contributed by atoms with van der Waals surface area (Å²) >= 11 is 0. The Kier molecular flexibility index (Phi) is 6.01. The number of hydrogen-bond donors (Lipinski definition) is 2. The van der Waals surface area contributed by atoms with Gasteiger partial charge in [0.05, 0.1) is 13.2 Å². The normalized spacial score (nSPS) is 10.4. The fourth-order valence-electron chi connectivity index (χ4n) is 2.09. The maximum atomic E-state index is 11.7. The van der Waals surface area contributed by atoms with Crippen LogP contribution >= 0.6 is 0 Å².